The Bertz CT molecular complexity index is 889. The minimum atomic E-state index is -0.786. The van der Waals surface area contributed by atoms with Crippen LogP contribution in [0.15, 0.2) is 24.3 Å². The number of unbranched alkanes of at least 4 members (excludes halogenated alkanes) is 28. The summed E-state index contributed by atoms with van der Waals surface area (Å²) >= 11 is 0. The van der Waals surface area contributed by atoms with Gasteiger partial charge in [-0.15, -0.1) is 0 Å². The van der Waals surface area contributed by atoms with Crippen molar-refractivity contribution < 1.29 is 24.5 Å². The maximum Gasteiger partial charge on any atom is 0.306 e. The third kappa shape index (κ3) is 39.2. The average Bonchev–Trinajstić information content (AvgIpc) is 3.19. The van der Waals surface area contributed by atoms with Crippen molar-refractivity contribution in [2.24, 2.45) is 0 Å². The van der Waals surface area contributed by atoms with Crippen LogP contribution in [0.5, 0.6) is 0 Å². The highest BCUT2D eigenvalue weighted by Crippen LogP contribution is 2.18. The number of ether oxygens (including phenoxy) is 1. The second-order valence-electron chi connectivity index (χ2n) is 16.8. The van der Waals surface area contributed by atoms with Crippen LogP contribution in [-0.2, 0) is 14.3 Å². The standard InChI is InChI=1S/C50H95NO5/c1-4-7-10-13-16-19-22-25-27-30-33-36-39-42-48(53)47(45-52)51-49(54)44-46(41-38-35-32-29-26-23-20-17-14-11-8-5-2)56-50(55)43-40-37-34-31-28-24-21-18-15-12-9-6-3/h8,11,17,20,46-48,52-53H,4-7,9-10,12-16,18-19,21-45H2,1-3H3,(H,51,54)/b11-8+,20-17+. The first-order valence-electron chi connectivity index (χ1n) is 24.6. The van der Waals surface area contributed by atoms with Gasteiger partial charge < -0.3 is 20.3 Å². The summed E-state index contributed by atoms with van der Waals surface area (Å²) < 4.78 is 5.91. The van der Waals surface area contributed by atoms with Crippen molar-refractivity contribution in [1.82, 2.24) is 5.32 Å². The van der Waals surface area contributed by atoms with Crippen molar-refractivity contribution in [1.29, 1.82) is 0 Å². The number of nitrogens with one attached hydrogen (secondary N) is 1. The molecule has 6 nitrogen and oxygen atoms in total. The quantitative estimate of drug-likeness (QED) is 0.0324. The first kappa shape index (κ1) is 54.3. The Kier molecular flexibility index (Phi) is 43.1. The van der Waals surface area contributed by atoms with E-state index in [1.54, 1.807) is 0 Å². The lowest BCUT2D eigenvalue weighted by atomic mass is 10.0. The van der Waals surface area contributed by atoms with Crippen LogP contribution in [0.2, 0.25) is 0 Å². The van der Waals surface area contributed by atoms with E-state index in [4.69, 9.17) is 4.74 Å². The smallest absolute Gasteiger partial charge is 0.306 e. The van der Waals surface area contributed by atoms with Crippen LogP contribution in [0.3, 0.4) is 0 Å². The van der Waals surface area contributed by atoms with Crippen molar-refractivity contribution in [3.05, 3.63) is 24.3 Å². The molecule has 0 spiro atoms. The lowest BCUT2D eigenvalue weighted by Gasteiger charge is -2.24. The molecule has 0 aliphatic carbocycles. The molecular weight excluding hydrogens is 695 g/mol. The van der Waals surface area contributed by atoms with E-state index >= 15 is 0 Å². The van der Waals surface area contributed by atoms with Gasteiger partial charge in [0, 0.05) is 6.42 Å². The van der Waals surface area contributed by atoms with E-state index in [0.29, 0.717) is 19.3 Å². The number of hydrogen-bond acceptors (Lipinski definition) is 5. The third-order valence-electron chi connectivity index (χ3n) is 11.3. The van der Waals surface area contributed by atoms with Crippen LogP contribution in [0, 0.1) is 0 Å². The summed E-state index contributed by atoms with van der Waals surface area (Å²) in [6, 6.07) is -0.700. The monoisotopic (exact) mass is 790 g/mol. The Morgan fingerprint density at radius 3 is 1.45 bits per heavy atom. The van der Waals surface area contributed by atoms with Crippen LogP contribution < -0.4 is 5.32 Å². The van der Waals surface area contributed by atoms with Gasteiger partial charge in [0.1, 0.15) is 6.10 Å². The van der Waals surface area contributed by atoms with Gasteiger partial charge in [-0.1, -0.05) is 218 Å². The van der Waals surface area contributed by atoms with Crippen LogP contribution in [0.4, 0.5) is 0 Å². The van der Waals surface area contributed by atoms with Gasteiger partial charge in [-0.05, 0) is 51.4 Å². The van der Waals surface area contributed by atoms with Gasteiger partial charge in [0.05, 0.1) is 25.2 Å². The highest BCUT2D eigenvalue weighted by atomic mass is 16.5. The fourth-order valence-electron chi connectivity index (χ4n) is 7.59. The number of aliphatic hydroxyl groups excluding tert-OH is 2. The molecule has 0 rings (SSSR count). The van der Waals surface area contributed by atoms with E-state index in [9.17, 15) is 19.8 Å². The molecule has 330 valence electrons. The van der Waals surface area contributed by atoms with Gasteiger partial charge in [-0.3, -0.25) is 9.59 Å². The molecule has 3 unspecified atom stereocenters. The van der Waals surface area contributed by atoms with E-state index in [1.165, 1.54) is 141 Å². The summed E-state index contributed by atoms with van der Waals surface area (Å²) in [5.74, 6) is -0.478. The lowest BCUT2D eigenvalue weighted by Crippen LogP contribution is -2.46. The molecule has 0 saturated heterocycles. The van der Waals surface area contributed by atoms with Crippen molar-refractivity contribution in [3.8, 4) is 0 Å². The molecule has 0 aromatic heterocycles. The zero-order valence-electron chi connectivity index (χ0n) is 37.5. The van der Waals surface area contributed by atoms with E-state index in [0.717, 1.165) is 70.6 Å². The molecule has 0 bridgehead atoms. The van der Waals surface area contributed by atoms with Gasteiger partial charge in [-0.25, -0.2) is 0 Å². The topological polar surface area (TPSA) is 95.9 Å². The van der Waals surface area contributed by atoms with E-state index < -0.39 is 18.2 Å². The maximum atomic E-state index is 13.2. The Morgan fingerprint density at radius 1 is 0.536 bits per heavy atom. The summed E-state index contributed by atoms with van der Waals surface area (Å²) in [5.41, 5.74) is 0. The fraction of sp³-hybridized carbons (Fsp3) is 0.880. The molecule has 0 fully saturated rings. The third-order valence-corrected chi connectivity index (χ3v) is 11.3. The minimum Gasteiger partial charge on any atom is -0.462 e. The summed E-state index contributed by atoms with van der Waals surface area (Å²) in [7, 11) is 0. The number of allylic oxidation sites excluding steroid dienone is 4. The molecule has 3 N–H and O–H groups in total. The van der Waals surface area contributed by atoms with Crippen molar-refractivity contribution >= 4 is 11.9 Å². The first-order valence-corrected chi connectivity index (χ1v) is 24.6. The minimum absolute atomic E-state index is 0.0728. The van der Waals surface area contributed by atoms with Crippen LogP contribution in [0.25, 0.3) is 0 Å². The molecule has 0 aliphatic rings. The Balaban J connectivity index is 4.55. The number of hydrogen-bond donors (Lipinski definition) is 3. The molecule has 0 radical (unpaired) electrons. The number of rotatable bonds is 44. The zero-order chi connectivity index (χ0) is 41.0. The molecule has 0 aromatic carbocycles. The van der Waals surface area contributed by atoms with Gasteiger partial charge in [0.25, 0.3) is 0 Å². The Hall–Kier alpha value is -1.66. The molecule has 3 atom stereocenters. The van der Waals surface area contributed by atoms with Gasteiger partial charge in [0.2, 0.25) is 5.91 Å². The SMILES string of the molecule is CC/C=C/C/C=C/CCCCCCCC(CC(=O)NC(CO)C(O)CCCCCCCCCCCCCCC)OC(=O)CCCCCCCCCCCCCC. The second kappa shape index (κ2) is 44.4. The van der Waals surface area contributed by atoms with Gasteiger partial charge >= 0.3 is 5.97 Å². The normalized spacial score (nSPS) is 13.4. The highest BCUT2D eigenvalue weighted by molar-refractivity contribution is 5.77. The molecule has 0 heterocycles. The van der Waals surface area contributed by atoms with E-state index in [1.807, 2.05) is 0 Å². The molecule has 1 amide bonds. The van der Waals surface area contributed by atoms with Gasteiger partial charge in [0.15, 0.2) is 0 Å². The van der Waals surface area contributed by atoms with Crippen molar-refractivity contribution in [2.75, 3.05) is 6.61 Å². The number of carbonyl (C=O) groups is 2. The number of carbonyl (C=O) groups excluding carboxylic acids is 2. The number of esters is 1. The number of aliphatic hydroxyl groups is 2. The fourth-order valence-corrected chi connectivity index (χ4v) is 7.59. The van der Waals surface area contributed by atoms with Crippen LogP contribution in [0.1, 0.15) is 258 Å². The summed E-state index contributed by atoms with van der Waals surface area (Å²) in [6.07, 6.45) is 49.5. The molecule has 0 saturated carbocycles. The molecule has 6 heteroatoms. The number of amides is 1. The van der Waals surface area contributed by atoms with Crippen LogP contribution in [-0.4, -0.2) is 46.9 Å². The molecule has 56 heavy (non-hydrogen) atoms. The predicted octanol–water partition coefficient (Wildman–Crippen LogP) is 14.3. The largest absolute Gasteiger partial charge is 0.462 e. The first-order chi connectivity index (χ1) is 27.5. The average molecular weight is 790 g/mol. The van der Waals surface area contributed by atoms with E-state index in [-0.39, 0.29) is 24.9 Å². The summed E-state index contributed by atoms with van der Waals surface area (Å²) in [4.78, 5) is 26.0. The molecule has 0 aliphatic heterocycles. The molecular formula is C50H95NO5. The summed E-state index contributed by atoms with van der Waals surface area (Å²) in [6.45, 7) is 6.37. The lowest BCUT2D eigenvalue weighted by molar-refractivity contribution is -0.151. The van der Waals surface area contributed by atoms with Gasteiger partial charge in [-0.2, -0.15) is 0 Å². The zero-order valence-corrected chi connectivity index (χ0v) is 37.5. The highest BCUT2D eigenvalue weighted by Gasteiger charge is 2.24. The van der Waals surface area contributed by atoms with Crippen LogP contribution >= 0.6 is 0 Å². The predicted molar refractivity (Wildman–Crippen MR) is 241 cm³/mol. The second-order valence-corrected chi connectivity index (χ2v) is 16.8. The Labute approximate surface area is 348 Å². The molecule has 0 aromatic rings. The van der Waals surface area contributed by atoms with E-state index in [2.05, 4.69) is 50.4 Å². The summed E-state index contributed by atoms with van der Waals surface area (Å²) in [5, 5.41) is 23.7. The van der Waals surface area contributed by atoms with Crippen molar-refractivity contribution in [3.63, 3.8) is 0 Å². The van der Waals surface area contributed by atoms with Crippen molar-refractivity contribution in [2.45, 2.75) is 277 Å². The maximum absolute atomic E-state index is 13.2. The Morgan fingerprint density at radius 2 is 0.964 bits per heavy atom.